The molecule has 162 valence electrons. The van der Waals surface area contributed by atoms with Crippen molar-refractivity contribution >= 4 is 15.9 Å². The lowest BCUT2D eigenvalue weighted by molar-refractivity contribution is -0.126. The Kier molecular flexibility index (Phi) is 7.28. The Morgan fingerprint density at radius 1 is 0.933 bits per heavy atom. The maximum absolute atomic E-state index is 13.0. The Hall–Kier alpha value is -2.22. The van der Waals surface area contributed by atoms with E-state index >= 15 is 0 Å². The fourth-order valence-electron chi connectivity index (χ4n) is 3.60. The van der Waals surface area contributed by atoms with Crippen molar-refractivity contribution in [3.8, 4) is 0 Å². The molecule has 1 atom stereocenters. The first kappa shape index (κ1) is 22.5. The number of nitrogens with one attached hydrogen (secondary N) is 1. The molecule has 1 heterocycles. The van der Waals surface area contributed by atoms with E-state index in [2.05, 4.69) is 19.2 Å². The molecule has 1 N–H and O–H groups in total. The van der Waals surface area contributed by atoms with Crippen LogP contribution < -0.4 is 5.32 Å². The highest BCUT2D eigenvalue weighted by atomic mass is 32.2. The summed E-state index contributed by atoms with van der Waals surface area (Å²) in [5.74, 6) is 0.319. The van der Waals surface area contributed by atoms with Crippen molar-refractivity contribution in [2.24, 2.45) is 0 Å². The van der Waals surface area contributed by atoms with E-state index in [-0.39, 0.29) is 11.9 Å². The standard InChI is InChI=1S/C23H31N3O3S/c1-18(2)21-9-11-22(12-10-21)30(28,29)26-15-13-25(14-16-26)19(3)23(27)24-17-20-7-5-4-6-8-20/h4-12,18-19H,13-17H2,1-3H3,(H,24,27)/t19-/m1/s1. The molecule has 0 saturated carbocycles. The summed E-state index contributed by atoms with van der Waals surface area (Å²) in [6.07, 6.45) is 0. The molecule has 0 aromatic heterocycles. The fourth-order valence-corrected chi connectivity index (χ4v) is 5.03. The van der Waals surface area contributed by atoms with E-state index in [4.69, 9.17) is 0 Å². The minimum Gasteiger partial charge on any atom is -0.351 e. The molecular weight excluding hydrogens is 398 g/mol. The van der Waals surface area contributed by atoms with E-state index in [1.54, 1.807) is 12.1 Å². The Labute approximate surface area is 179 Å². The van der Waals surface area contributed by atoms with Crippen molar-refractivity contribution < 1.29 is 13.2 Å². The molecule has 1 aliphatic heterocycles. The van der Waals surface area contributed by atoms with Gasteiger partial charge in [0.2, 0.25) is 15.9 Å². The number of benzene rings is 2. The lowest BCUT2D eigenvalue weighted by atomic mass is 10.0. The highest BCUT2D eigenvalue weighted by Crippen LogP contribution is 2.21. The van der Waals surface area contributed by atoms with Crippen LogP contribution in [-0.2, 0) is 21.4 Å². The van der Waals surface area contributed by atoms with Gasteiger partial charge >= 0.3 is 0 Å². The first-order chi connectivity index (χ1) is 14.3. The van der Waals surface area contributed by atoms with Gasteiger partial charge in [0.15, 0.2) is 0 Å². The minimum absolute atomic E-state index is 0.0422. The van der Waals surface area contributed by atoms with Crippen LogP contribution in [-0.4, -0.2) is 55.8 Å². The van der Waals surface area contributed by atoms with E-state index in [1.807, 2.05) is 54.3 Å². The zero-order chi connectivity index (χ0) is 21.7. The van der Waals surface area contributed by atoms with Crippen molar-refractivity contribution in [1.82, 2.24) is 14.5 Å². The molecule has 0 unspecified atom stereocenters. The second-order valence-electron chi connectivity index (χ2n) is 8.04. The molecule has 6 nitrogen and oxygen atoms in total. The predicted molar refractivity (Wildman–Crippen MR) is 119 cm³/mol. The molecule has 30 heavy (non-hydrogen) atoms. The van der Waals surface area contributed by atoms with Crippen LogP contribution in [0.15, 0.2) is 59.5 Å². The van der Waals surface area contributed by atoms with Crippen molar-refractivity contribution in [3.05, 3.63) is 65.7 Å². The fraction of sp³-hybridized carbons (Fsp3) is 0.435. The van der Waals surface area contributed by atoms with Gasteiger partial charge in [-0.2, -0.15) is 4.31 Å². The van der Waals surface area contributed by atoms with Gasteiger partial charge in [-0.25, -0.2) is 8.42 Å². The number of sulfonamides is 1. The summed E-state index contributed by atoms with van der Waals surface area (Å²) in [6, 6.07) is 16.6. The summed E-state index contributed by atoms with van der Waals surface area (Å²) < 4.78 is 27.4. The summed E-state index contributed by atoms with van der Waals surface area (Å²) in [7, 11) is -3.51. The van der Waals surface area contributed by atoms with Gasteiger partial charge in [0.25, 0.3) is 0 Å². The van der Waals surface area contributed by atoms with E-state index in [0.29, 0.717) is 43.5 Å². The number of hydrogen-bond donors (Lipinski definition) is 1. The van der Waals surface area contributed by atoms with Crippen molar-refractivity contribution in [2.75, 3.05) is 26.2 Å². The van der Waals surface area contributed by atoms with Crippen LogP contribution in [0.3, 0.4) is 0 Å². The van der Waals surface area contributed by atoms with Crippen molar-refractivity contribution in [1.29, 1.82) is 0 Å². The van der Waals surface area contributed by atoms with Crippen LogP contribution >= 0.6 is 0 Å². The summed E-state index contributed by atoms with van der Waals surface area (Å²) in [5.41, 5.74) is 2.17. The average molecular weight is 430 g/mol. The van der Waals surface area contributed by atoms with E-state index in [9.17, 15) is 13.2 Å². The molecule has 1 saturated heterocycles. The third kappa shape index (κ3) is 5.28. The highest BCUT2D eigenvalue weighted by Gasteiger charge is 2.31. The zero-order valence-corrected chi connectivity index (χ0v) is 18.7. The van der Waals surface area contributed by atoms with Crippen molar-refractivity contribution in [3.63, 3.8) is 0 Å². The highest BCUT2D eigenvalue weighted by molar-refractivity contribution is 7.89. The first-order valence-corrected chi connectivity index (χ1v) is 11.9. The predicted octanol–water partition coefficient (Wildman–Crippen LogP) is 2.82. The van der Waals surface area contributed by atoms with Crippen LogP contribution in [0.25, 0.3) is 0 Å². The molecule has 1 fully saturated rings. The van der Waals surface area contributed by atoms with Crippen molar-refractivity contribution in [2.45, 2.75) is 44.2 Å². The van der Waals surface area contributed by atoms with Gasteiger partial charge in [-0.3, -0.25) is 9.69 Å². The van der Waals surface area contributed by atoms with Gasteiger partial charge < -0.3 is 5.32 Å². The quantitative estimate of drug-likeness (QED) is 0.735. The van der Waals surface area contributed by atoms with Gasteiger partial charge in [-0.05, 0) is 36.1 Å². The van der Waals surface area contributed by atoms with E-state index in [0.717, 1.165) is 11.1 Å². The first-order valence-electron chi connectivity index (χ1n) is 10.4. The molecule has 0 radical (unpaired) electrons. The number of hydrogen-bond acceptors (Lipinski definition) is 4. The maximum Gasteiger partial charge on any atom is 0.243 e. The van der Waals surface area contributed by atoms with Gasteiger partial charge in [-0.15, -0.1) is 0 Å². The van der Waals surface area contributed by atoms with Gasteiger partial charge in [0.1, 0.15) is 0 Å². The van der Waals surface area contributed by atoms with Crippen LogP contribution in [0.4, 0.5) is 0 Å². The average Bonchev–Trinajstić information content (AvgIpc) is 2.77. The van der Waals surface area contributed by atoms with Gasteiger partial charge in [0.05, 0.1) is 10.9 Å². The number of carbonyl (C=O) groups is 1. The smallest absolute Gasteiger partial charge is 0.243 e. The Morgan fingerprint density at radius 2 is 1.53 bits per heavy atom. The minimum atomic E-state index is -3.51. The molecular formula is C23H31N3O3S. The Morgan fingerprint density at radius 3 is 2.10 bits per heavy atom. The van der Waals surface area contributed by atoms with Gasteiger partial charge in [-0.1, -0.05) is 56.3 Å². The number of amides is 1. The lowest BCUT2D eigenvalue weighted by Crippen LogP contribution is -2.54. The third-order valence-corrected chi connectivity index (χ3v) is 7.61. The molecule has 0 aliphatic carbocycles. The Bertz CT molecular complexity index is 935. The summed E-state index contributed by atoms with van der Waals surface area (Å²) in [4.78, 5) is 14.9. The molecule has 1 aliphatic rings. The number of carbonyl (C=O) groups excluding carboxylic acids is 1. The molecule has 7 heteroatoms. The Balaban J connectivity index is 1.54. The summed E-state index contributed by atoms with van der Waals surface area (Å²) >= 11 is 0. The molecule has 3 rings (SSSR count). The maximum atomic E-state index is 13.0. The third-order valence-electron chi connectivity index (χ3n) is 5.69. The normalized spacial score (nSPS) is 17.1. The van der Waals surface area contributed by atoms with E-state index in [1.165, 1.54) is 4.31 Å². The molecule has 1 amide bonds. The lowest BCUT2D eigenvalue weighted by Gasteiger charge is -2.36. The monoisotopic (exact) mass is 429 g/mol. The molecule has 0 bridgehead atoms. The van der Waals surface area contributed by atoms with Crippen LogP contribution in [0.5, 0.6) is 0 Å². The van der Waals surface area contributed by atoms with E-state index < -0.39 is 10.0 Å². The molecule has 2 aromatic carbocycles. The van der Waals surface area contributed by atoms with Gasteiger partial charge in [0, 0.05) is 32.7 Å². The SMILES string of the molecule is CC(C)c1ccc(S(=O)(=O)N2CCN([C@H](C)C(=O)NCc3ccccc3)CC2)cc1. The molecule has 0 spiro atoms. The molecule has 2 aromatic rings. The number of nitrogens with zero attached hydrogens (tertiary/aromatic N) is 2. The van der Waals surface area contributed by atoms with Crippen LogP contribution in [0, 0.1) is 0 Å². The number of piperazine rings is 1. The van der Waals surface area contributed by atoms with Crippen LogP contribution in [0.1, 0.15) is 37.8 Å². The second kappa shape index (κ2) is 9.73. The second-order valence-corrected chi connectivity index (χ2v) is 9.98. The summed E-state index contributed by atoms with van der Waals surface area (Å²) in [6.45, 7) is 8.35. The summed E-state index contributed by atoms with van der Waals surface area (Å²) in [5, 5.41) is 2.97. The zero-order valence-electron chi connectivity index (χ0n) is 17.9. The largest absolute Gasteiger partial charge is 0.351 e. The number of rotatable bonds is 7. The topological polar surface area (TPSA) is 69.7 Å². The van der Waals surface area contributed by atoms with Crippen LogP contribution in [0.2, 0.25) is 0 Å².